The Balaban J connectivity index is 2.08. The van der Waals surface area contributed by atoms with Gasteiger partial charge in [0.15, 0.2) is 5.75 Å². The van der Waals surface area contributed by atoms with E-state index in [4.69, 9.17) is 21.1 Å². The second-order valence-electron chi connectivity index (χ2n) is 5.11. The minimum absolute atomic E-state index is 0.0192. The van der Waals surface area contributed by atoms with Gasteiger partial charge in [0.25, 0.3) is 5.69 Å². The largest absolute Gasteiger partial charge is 0.486 e. The molecule has 0 radical (unpaired) electrons. The molecule has 2 aromatic carbocycles. The van der Waals surface area contributed by atoms with Gasteiger partial charge in [0.05, 0.1) is 21.0 Å². The van der Waals surface area contributed by atoms with E-state index in [0.29, 0.717) is 27.4 Å². The molecule has 0 amide bonds. The highest BCUT2D eigenvalue weighted by Crippen LogP contribution is 2.35. The van der Waals surface area contributed by atoms with Gasteiger partial charge in [-0.1, -0.05) is 11.6 Å². The zero-order chi connectivity index (χ0) is 19.1. The van der Waals surface area contributed by atoms with Crippen molar-refractivity contribution >= 4 is 45.3 Å². The average molecular weight is 441 g/mol. The molecule has 0 aliphatic heterocycles. The molecule has 136 valence electrons. The lowest BCUT2D eigenvalue weighted by Gasteiger charge is -2.11. The van der Waals surface area contributed by atoms with Crippen molar-refractivity contribution in [1.29, 1.82) is 0 Å². The standard InChI is InChI=1S/C18H15BrClNO5/c1-2-25-17(22)8-5-13-9-15(19)18(16(20)10-13)26-11-12-3-6-14(7-4-12)21(23)24/h3-10H,2,11H2,1H3/b8-5+. The highest BCUT2D eigenvalue weighted by molar-refractivity contribution is 9.10. The van der Waals surface area contributed by atoms with Crippen LogP contribution in [0.2, 0.25) is 5.02 Å². The lowest BCUT2D eigenvalue weighted by atomic mass is 10.2. The zero-order valence-corrected chi connectivity index (χ0v) is 16.1. The number of hydrogen-bond donors (Lipinski definition) is 0. The summed E-state index contributed by atoms with van der Waals surface area (Å²) < 4.78 is 11.2. The number of esters is 1. The van der Waals surface area contributed by atoms with Crippen molar-refractivity contribution < 1.29 is 19.2 Å². The maximum absolute atomic E-state index is 11.4. The summed E-state index contributed by atoms with van der Waals surface area (Å²) in [6.07, 6.45) is 2.91. The van der Waals surface area contributed by atoms with Crippen LogP contribution in [-0.2, 0) is 16.1 Å². The minimum atomic E-state index is -0.458. The van der Waals surface area contributed by atoms with Gasteiger partial charge in [-0.15, -0.1) is 0 Å². The van der Waals surface area contributed by atoms with Gasteiger partial charge in [-0.05, 0) is 64.3 Å². The van der Waals surface area contributed by atoms with Gasteiger partial charge in [0.1, 0.15) is 6.61 Å². The van der Waals surface area contributed by atoms with Crippen LogP contribution < -0.4 is 4.74 Å². The predicted molar refractivity (Wildman–Crippen MR) is 102 cm³/mol. The quantitative estimate of drug-likeness (QED) is 0.257. The fourth-order valence-electron chi connectivity index (χ4n) is 2.04. The van der Waals surface area contributed by atoms with Crippen LogP contribution in [0.25, 0.3) is 6.08 Å². The molecule has 0 saturated heterocycles. The van der Waals surface area contributed by atoms with E-state index < -0.39 is 10.9 Å². The Kier molecular flexibility index (Phi) is 7.17. The van der Waals surface area contributed by atoms with Crippen LogP contribution in [0.3, 0.4) is 0 Å². The first-order valence-electron chi connectivity index (χ1n) is 7.60. The monoisotopic (exact) mass is 439 g/mol. The second kappa shape index (κ2) is 9.35. The third kappa shape index (κ3) is 5.57. The number of nitro benzene ring substituents is 1. The lowest BCUT2D eigenvalue weighted by Crippen LogP contribution is -1.99. The van der Waals surface area contributed by atoms with Crippen LogP contribution in [0.15, 0.2) is 46.9 Å². The third-order valence-corrected chi connectivity index (χ3v) is 4.12. The number of nitrogens with zero attached hydrogens (tertiary/aromatic N) is 1. The first-order chi connectivity index (χ1) is 12.4. The maximum atomic E-state index is 11.4. The van der Waals surface area contributed by atoms with Crippen molar-refractivity contribution in [2.45, 2.75) is 13.5 Å². The Morgan fingerprint density at radius 1 is 1.31 bits per heavy atom. The highest BCUT2D eigenvalue weighted by Gasteiger charge is 2.10. The van der Waals surface area contributed by atoms with Gasteiger partial charge in [0, 0.05) is 18.2 Å². The number of halogens is 2. The number of carbonyl (C=O) groups is 1. The van der Waals surface area contributed by atoms with Crippen molar-refractivity contribution in [1.82, 2.24) is 0 Å². The molecule has 0 spiro atoms. The number of benzene rings is 2. The molecule has 6 nitrogen and oxygen atoms in total. The molecule has 0 aliphatic rings. The van der Waals surface area contributed by atoms with Crippen molar-refractivity contribution in [2.75, 3.05) is 6.61 Å². The number of carbonyl (C=O) groups excluding carboxylic acids is 1. The Bertz CT molecular complexity index is 813. The fourth-order valence-corrected chi connectivity index (χ4v) is 3.03. The van der Waals surface area contributed by atoms with E-state index in [9.17, 15) is 14.9 Å². The molecule has 0 aromatic heterocycles. The van der Waals surface area contributed by atoms with Gasteiger partial charge in [-0.2, -0.15) is 0 Å². The summed E-state index contributed by atoms with van der Waals surface area (Å²) in [5.74, 6) is 0.0107. The SMILES string of the molecule is CCOC(=O)/C=C/c1cc(Cl)c(OCc2ccc([N+](=O)[O-])cc2)c(Br)c1. The molecule has 0 saturated carbocycles. The zero-order valence-electron chi connectivity index (χ0n) is 13.8. The molecule has 2 aromatic rings. The average Bonchev–Trinajstić information content (AvgIpc) is 2.60. The van der Waals surface area contributed by atoms with Gasteiger partial charge in [-0.3, -0.25) is 10.1 Å². The van der Waals surface area contributed by atoms with Crippen molar-refractivity contribution in [3.05, 3.63) is 73.2 Å². The number of non-ortho nitro benzene ring substituents is 1. The summed E-state index contributed by atoms with van der Waals surface area (Å²) in [5, 5.41) is 11.0. The van der Waals surface area contributed by atoms with Crippen molar-refractivity contribution in [3.8, 4) is 5.75 Å². The summed E-state index contributed by atoms with van der Waals surface area (Å²) in [5.41, 5.74) is 1.49. The Morgan fingerprint density at radius 2 is 2.00 bits per heavy atom. The van der Waals surface area contributed by atoms with Gasteiger partial charge < -0.3 is 9.47 Å². The molecular formula is C18H15BrClNO5. The lowest BCUT2D eigenvalue weighted by molar-refractivity contribution is -0.384. The van der Waals surface area contributed by atoms with Crippen LogP contribution in [0.4, 0.5) is 5.69 Å². The van der Waals surface area contributed by atoms with E-state index in [1.807, 2.05) is 0 Å². The van der Waals surface area contributed by atoms with E-state index >= 15 is 0 Å². The third-order valence-electron chi connectivity index (χ3n) is 3.25. The van der Waals surface area contributed by atoms with Crippen LogP contribution in [0, 0.1) is 10.1 Å². The molecular weight excluding hydrogens is 426 g/mol. The van der Waals surface area contributed by atoms with Crippen LogP contribution in [0.1, 0.15) is 18.1 Å². The van der Waals surface area contributed by atoms with Crippen LogP contribution >= 0.6 is 27.5 Å². The topological polar surface area (TPSA) is 78.7 Å². The Labute approximate surface area is 163 Å². The molecule has 0 heterocycles. The van der Waals surface area contributed by atoms with E-state index in [2.05, 4.69) is 15.9 Å². The van der Waals surface area contributed by atoms with Gasteiger partial charge >= 0.3 is 5.97 Å². The number of rotatable bonds is 7. The fraction of sp³-hybridized carbons (Fsp3) is 0.167. The molecule has 2 rings (SSSR count). The van der Waals surface area contributed by atoms with Crippen LogP contribution in [0.5, 0.6) is 5.75 Å². The summed E-state index contributed by atoms with van der Waals surface area (Å²) in [4.78, 5) is 21.6. The number of hydrogen-bond acceptors (Lipinski definition) is 5. The van der Waals surface area contributed by atoms with Crippen molar-refractivity contribution in [3.63, 3.8) is 0 Å². The van der Waals surface area contributed by atoms with Gasteiger partial charge in [-0.25, -0.2) is 4.79 Å². The Morgan fingerprint density at radius 3 is 2.58 bits per heavy atom. The summed E-state index contributed by atoms with van der Waals surface area (Å²) in [6, 6.07) is 9.49. The normalized spacial score (nSPS) is 10.7. The smallest absolute Gasteiger partial charge is 0.330 e. The van der Waals surface area contributed by atoms with E-state index in [0.717, 1.165) is 5.56 Å². The summed E-state index contributed by atoms with van der Waals surface area (Å²) in [6.45, 7) is 2.24. The summed E-state index contributed by atoms with van der Waals surface area (Å²) in [7, 11) is 0. The first kappa shape index (κ1) is 19.9. The second-order valence-corrected chi connectivity index (χ2v) is 6.37. The predicted octanol–water partition coefficient (Wildman–Crippen LogP) is 5.17. The minimum Gasteiger partial charge on any atom is -0.486 e. The molecule has 0 atom stereocenters. The van der Waals surface area contributed by atoms with Crippen molar-refractivity contribution in [2.24, 2.45) is 0 Å². The highest BCUT2D eigenvalue weighted by atomic mass is 79.9. The molecule has 0 bridgehead atoms. The van der Waals surface area contributed by atoms with E-state index in [-0.39, 0.29) is 12.3 Å². The number of ether oxygens (including phenoxy) is 2. The van der Waals surface area contributed by atoms with E-state index in [1.165, 1.54) is 18.2 Å². The number of nitro groups is 1. The van der Waals surface area contributed by atoms with Crippen LogP contribution in [-0.4, -0.2) is 17.5 Å². The molecule has 0 N–H and O–H groups in total. The maximum Gasteiger partial charge on any atom is 0.330 e. The van der Waals surface area contributed by atoms with Gasteiger partial charge in [0.2, 0.25) is 0 Å². The molecule has 0 fully saturated rings. The molecule has 0 aliphatic carbocycles. The molecule has 0 unspecified atom stereocenters. The first-order valence-corrected chi connectivity index (χ1v) is 8.77. The van der Waals surface area contributed by atoms with E-state index in [1.54, 1.807) is 37.3 Å². The summed E-state index contributed by atoms with van der Waals surface area (Å²) >= 11 is 9.64. The molecule has 26 heavy (non-hydrogen) atoms. The Hall–Kier alpha value is -2.38. The molecule has 8 heteroatoms.